The molecule has 2 nitrogen and oxygen atoms in total. The van der Waals surface area contributed by atoms with E-state index in [0.29, 0.717) is 0 Å². The van der Waals surface area contributed by atoms with Gasteiger partial charge in [0.15, 0.2) is 0 Å². The van der Waals surface area contributed by atoms with Gasteiger partial charge in [-0.05, 0) is 19.8 Å². The van der Waals surface area contributed by atoms with Crippen molar-refractivity contribution >= 4 is 12.1 Å². The fraction of sp³-hybridized carbons (Fsp3) is 0.800. The molecule has 0 atom stereocenters. The minimum Gasteiger partial charge on any atom is -0.303 e. The van der Waals surface area contributed by atoms with Crippen molar-refractivity contribution in [2.24, 2.45) is 0 Å². The lowest BCUT2D eigenvalue weighted by Gasteiger charge is -1.80. The molecule has 0 aliphatic heterocycles. The van der Waals surface area contributed by atoms with E-state index < -0.39 is 0 Å². The number of carbonyl (C=O) groups is 2. The maximum atomic E-state index is 10.0. The molecule has 0 spiro atoms. The molecule has 0 saturated carbocycles. The SMILES string of the molecule is CCCC(C)=O.CCCCC=O. The largest absolute Gasteiger partial charge is 0.303 e. The van der Waals surface area contributed by atoms with Crippen LogP contribution in [-0.4, -0.2) is 12.1 Å². The summed E-state index contributed by atoms with van der Waals surface area (Å²) in [6.45, 7) is 5.69. The van der Waals surface area contributed by atoms with Gasteiger partial charge in [-0.1, -0.05) is 20.3 Å². The summed E-state index contributed by atoms with van der Waals surface area (Å²) in [6.07, 6.45) is 5.58. The lowest BCUT2D eigenvalue weighted by atomic mass is 10.3. The first-order chi connectivity index (χ1) is 5.68. The first-order valence-corrected chi connectivity index (χ1v) is 4.62. The van der Waals surface area contributed by atoms with Crippen LogP contribution in [0.1, 0.15) is 52.9 Å². The first-order valence-electron chi connectivity index (χ1n) is 4.62. The summed E-state index contributed by atoms with van der Waals surface area (Å²) in [6, 6.07) is 0. The zero-order chi connectivity index (χ0) is 9.82. The number of hydrogen-bond acceptors (Lipinski definition) is 2. The van der Waals surface area contributed by atoms with Gasteiger partial charge in [0.25, 0.3) is 0 Å². The third-order valence-corrected chi connectivity index (χ3v) is 1.28. The van der Waals surface area contributed by atoms with Gasteiger partial charge in [0.05, 0.1) is 0 Å². The lowest BCUT2D eigenvalue weighted by molar-refractivity contribution is -0.117. The number of unbranched alkanes of at least 4 members (excludes halogenated alkanes) is 2. The number of rotatable bonds is 5. The van der Waals surface area contributed by atoms with E-state index in [1.165, 1.54) is 0 Å². The minimum absolute atomic E-state index is 0.289. The van der Waals surface area contributed by atoms with Gasteiger partial charge in [-0.15, -0.1) is 0 Å². The quantitative estimate of drug-likeness (QED) is 0.472. The second kappa shape index (κ2) is 13.0. The molecule has 0 radical (unpaired) electrons. The number of carbonyl (C=O) groups excluding carboxylic acids is 2. The highest BCUT2D eigenvalue weighted by Gasteiger charge is 1.83. The third kappa shape index (κ3) is 22.8. The third-order valence-electron chi connectivity index (χ3n) is 1.28. The summed E-state index contributed by atoms with van der Waals surface area (Å²) in [7, 11) is 0. The van der Waals surface area contributed by atoms with Gasteiger partial charge in [0, 0.05) is 12.8 Å². The highest BCUT2D eigenvalue weighted by molar-refractivity contribution is 5.75. The number of hydrogen-bond donors (Lipinski definition) is 0. The predicted molar refractivity (Wildman–Crippen MR) is 51.2 cm³/mol. The van der Waals surface area contributed by atoms with E-state index in [2.05, 4.69) is 6.92 Å². The topological polar surface area (TPSA) is 34.1 Å². The van der Waals surface area contributed by atoms with Crippen LogP contribution in [0.25, 0.3) is 0 Å². The van der Waals surface area contributed by atoms with E-state index in [1.807, 2.05) is 6.92 Å². The van der Waals surface area contributed by atoms with Crippen LogP contribution in [-0.2, 0) is 9.59 Å². The van der Waals surface area contributed by atoms with Gasteiger partial charge in [0.1, 0.15) is 12.1 Å². The normalized spacial score (nSPS) is 8.25. The highest BCUT2D eigenvalue weighted by atomic mass is 16.1. The molecule has 0 bridgehead atoms. The maximum Gasteiger partial charge on any atom is 0.129 e. The lowest BCUT2D eigenvalue weighted by Crippen LogP contribution is -1.84. The van der Waals surface area contributed by atoms with Gasteiger partial charge in [-0.25, -0.2) is 0 Å². The molecule has 0 aromatic carbocycles. The summed E-state index contributed by atoms with van der Waals surface area (Å²) in [4.78, 5) is 19.6. The molecule has 0 aromatic rings. The zero-order valence-electron chi connectivity index (χ0n) is 8.43. The summed E-state index contributed by atoms with van der Waals surface area (Å²) in [5, 5.41) is 0. The smallest absolute Gasteiger partial charge is 0.129 e. The van der Waals surface area contributed by atoms with Gasteiger partial charge in [-0.3, -0.25) is 0 Å². The standard InChI is InChI=1S/2C5H10O/c1-3-4-5(2)6;1-2-3-4-5-6/h3-4H2,1-2H3;5H,2-4H2,1H3. The fourth-order valence-corrected chi connectivity index (χ4v) is 0.640. The molecule has 0 amide bonds. The molecule has 0 aliphatic rings. The molecule has 0 aromatic heterocycles. The van der Waals surface area contributed by atoms with Crippen LogP contribution in [0.15, 0.2) is 0 Å². The van der Waals surface area contributed by atoms with Crippen molar-refractivity contribution < 1.29 is 9.59 Å². The van der Waals surface area contributed by atoms with Crippen LogP contribution in [0.5, 0.6) is 0 Å². The second-order valence-electron chi connectivity index (χ2n) is 2.76. The number of ketones is 1. The molecule has 72 valence electrons. The van der Waals surface area contributed by atoms with Crippen molar-refractivity contribution in [3.05, 3.63) is 0 Å². The van der Waals surface area contributed by atoms with Crippen molar-refractivity contribution in [2.45, 2.75) is 52.9 Å². The van der Waals surface area contributed by atoms with Crippen LogP contribution in [0.4, 0.5) is 0 Å². The Morgan fingerprint density at radius 3 is 1.92 bits per heavy atom. The summed E-state index contributed by atoms with van der Waals surface area (Å²) >= 11 is 0. The average molecular weight is 172 g/mol. The Labute approximate surface area is 75.4 Å². The molecular weight excluding hydrogens is 152 g/mol. The van der Waals surface area contributed by atoms with Crippen LogP contribution in [0.2, 0.25) is 0 Å². The van der Waals surface area contributed by atoms with Crippen molar-refractivity contribution in [3.8, 4) is 0 Å². The Kier molecular flexibility index (Phi) is 15.0. The Balaban J connectivity index is 0. The molecule has 2 heteroatoms. The Morgan fingerprint density at radius 2 is 1.83 bits per heavy atom. The molecule has 0 unspecified atom stereocenters. The molecule has 0 fully saturated rings. The van der Waals surface area contributed by atoms with Crippen LogP contribution in [0, 0.1) is 0 Å². The van der Waals surface area contributed by atoms with E-state index in [0.717, 1.165) is 38.4 Å². The predicted octanol–water partition coefficient (Wildman–Crippen LogP) is 2.75. The first kappa shape index (κ1) is 13.9. The Hall–Kier alpha value is -0.660. The van der Waals surface area contributed by atoms with Gasteiger partial charge < -0.3 is 9.59 Å². The fourth-order valence-electron chi connectivity index (χ4n) is 0.640. The molecule has 0 saturated heterocycles. The summed E-state index contributed by atoms with van der Waals surface area (Å²) in [5.74, 6) is 0.289. The van der Waals surface area contributed by atoms with Crippen LogP contribution in [0.3, 0.4) is 0 Å². The second-order valence-corrected chi connectivity index (χ2v) is 2.76. The summed E-state index contributed by atoms with van der Waals surface area (Å²) in [5.41, 5.74) is 0. The van der Waals surface area contributed by atoms with E-state index in [4.69, 9.17) is 0 Å². The van der Waals surface area contributed by atoms with Crippen molar-refractivity contribution in [1.29, 1.82) is 0 Å². The summed E-state index contributed by atoms with van der Waals surface area (Å²) < 4.78 is 0. The molecule has 0 heterocycles. The van der Waals surface area contributed by atoms with Crippen molar-refractivity contribution in [1.82, 2.24) is 0 Å². The molecule has 0 aliphatic carbocycles. The molecular formula is C10H20O2. The molecule has 0 rings (SSSR count). The monoisotopic (exact) mass is 172 g/mol. The van der Waals surface area contributed by atoms with Crippen LogP contribution >= 0.6 is 0 Å². The van der Waals surface area contributed by atoms with E-state index in [9.17, 15) is 9.59 Å². The Bertz CT molecular complexity index is 108. The van der Waals surface area contributed by atoms with Gasteiger partial charge in [-0.2, -0.15) is 0 Å². The average Bonchev–Trinajstić information content (AvgIpc) is 2.02. The van der Waals surface area contributed by atoms with Crippen molar-refractivity contribution in [2.75, 3.05) is 0 Å². The van der Waals surface area contributed by atoms with E-state index >= 15 is 0 Å². The Morgan fingerprint density at radius 1 is 1.25 bits per heavy atom. The van der Waals surface area contributed by atoms with E-state index in [1.54, 1.807) is 6.92 Å². The maximum absolute atomic E-state index is 10.0. The molecule has 0 N–H and O–H groups in total. The van der Waals surface area contributed by atoms with Crippen LogP contribution < -0.4 is 0 Å². The van der Waals surface area contributed by atoms with E-state index in [-0.39, 0.29) is 5.78 Å². The zero-order valence-corrected chi connectivity index (χ0v) is 8.43. The van der Waals surface area contributed by atoms with Gasteiger partial charge >= 0.3 is 0 Å². The van der Waals surface area contributed by atoms with Crippen molar-refractivity contribution in [3.63, 3.8) is 0 Å². The molecule has 12 heavy (non-hydrogen) atoms. The van der Waals surface area contributed by atoms with Gasteiger partial charge in [0.2, 0.25) is 0 Å². The number of Topliss-reactive ketones (excluding diaryl/α,β-unsaturated/α-hetero) is 1. The number of aldehydes is 1. The minimum atomic E-state index is 0.289. The highest BCUT2D eigenvalue weighted by Crippen LogP contribution is 1.87.